The van der Waals surface area contributed by atoms with E-state index in [4.69, 9.17) is 11.6 Å². The lowest BCUT2D eigenvalue weighted by Crippen LogP contribution is -2.20. The van der Waals surface area contributed by atoms with Crippen molar-refractivity contribution in [1.29, 1.82) is 0 Å². The molecule has 5 heteroatoms. The maximum Gasteiger partial charge on any atom is 0.148 e. The van der Waals surface area contributed by atoms with Gasteiger partial charge < -0.3 is 4.90 Å². The summed E-state index contributed by atoms with van der Waals surface area (Å²) in [5.74, 6) is 1.64. The number of halogens is 2. The minimum absolute atomic E-state index is 0.481. The molecule has 0 amide bonds. The van der Waals surface area contributed by atoms with Gasteiger partial charge in [-0.2, -0.15) is 0 Å². The van der Waals surface area contributed by atoms with Crippen molar-refractivity contribution in [2.75, 3.05) is 18.0 Å². The zero-order valence-corrected chi connectivity index (χ0v) is 10.2. The number of aromatic nitrogens is 2. The van der Waals surface area contributed by atoms with Gasteiger partial charge in [-0.25, -0.2) is 9.97 Å². The van der Waals surface area contributed by atoms with Crippen LogP contribution in [0, 0.1) is 5.92 Å². The smallest absolute Gasteiger partial charge is 0.148 e. The average Bonchev–Trinajstić information content (AvgIpc) is 2.57. The van der Waals surface area contributed by atoms with Crippen LogP contribution in [0.1, 0.15) is 13.3 Å². The summed E-state index contributed by atoms with van der Waals surface area (Å²) >= 11 is 9.32. The van der Waals surface area contributed by atoms with Crippen molar-refractivity contribution >= 4 is 33.3 Å². The third-order valence-electron chi connectivity index (χ3n) is 2.45. The number of hydrogen-bond acceptors (Lipinski definition) is 3. The summed E-state index contributed by atoms with van der Waals surface area (Å²) in [5, 5.41) is 0.481. The van der Waals surface area contributed by atoms with E-state index >= 15 is 0 Å². The Morgan fingerprint density at radius 3 is 3.00 bits per heavy atom. The second-order valence-corrected chi connectivity index (χ2v) is 4.79. The van der Waals surface area contributed by atoms with Crippen LogP contribution in [0.3, 0.4) is 0 Å². The highest BCUT2D eigenvalue weighted by Gasteiger charge is 2.22. The van der Waals surface area contributed by atoms with Crippen LogP contribution >= 0.6 is 27.5 Å². The van der Waals surface area contributed by atoms with E-state index in [0.29, 0.717) is 5.15 Å². The molecule has 1 unspecified atom stereocenters. The summed E-state index contributed by atoms with van der Waals surface area (Å²) in [7, 11) is 0. The molecule has 2 rings (SSSR count). The molecule has 1 aromatic heterocycles. The maximum absolute atomic E-state index is 5.90. The Hall–Kier alpha value is -0.350. The van der Waals surface area contributed by atoms with E-state index in [1.807, 2.05) is 0 Å². The molecule has 0 N–H and O–H groups in total. The molecule has 1 fully saturated rings. The predicted octanol–water partition coefficient (Wildman–Crippen LogP) is 2.74. The maximum atomic E-state index is 5.90. The summed E-state index contributed by atoms with van der Waals surface area (Å²) in [4.78, 5) is 10.4. The number of hydrogen-bond donors (Lipinski definition) is 0. The molecule has 14 heavy (non-hydrogen) atoms. The fourth-order valence-electron chi connectivity index (χ4n) is 1.69. The van der Waals surface area contributed by atoms with E-state index in [0.717, 1.165) is 29.3 Å². The van der Waals surface area contributed by atoms with Crippen LogP contribution in [0.2, 0.25) is 5.15 Å². The molecule has 3 nitrogen and oxygen atoms in total. The lowest BCUT2D eigenvalue weighted by molar-refractivity contribution is 0.658. The van der Waals surface area contributed by atoms with Gasteiger partial charge in [-0.1, -0.05) is 18.5 Å². The first-order valence-electron chi connectivity index (χ1n) is 4.59. The standard InChI is InChI=1S/C9H11BrClN3/c1-6-2-3-14(4-6)9-7(10)8(11)12-5-13-9/h5-6H,2-4H2,1H3. The third-order valence-corrected chi connectivity index (χ3v) is 3.70. The first kappa shape index (κ1) is 10.2. The number of nitrogens with zero attached hydrogens (tertiary/aromatic N) is 3. The van der Waals surface area contributed by atoms with Crippen molar-refractivity contribution in [3.8, 4) is 0 Å². The molecule has 0 aromatic carbocycles. The van der Waals surface area contributed by atoms with Crippen LogP contribution in [0.4, 0.5) is 5.82 Å². The van der Waals surface area contributed by atoms with Gasteiger partial charge in [0, 0.05) is 13.1 Å². The summed E-state index contributed by atoms with van der Waals surface area (Å²) < 4.78 is 0.802. The van der Waals surface area contributed by atoms with Gasteiger partial charge >= 0.3 is 0 Å². The van der Waals surface area contributed by atoms with Crippen LogP contribution < -0.4 is 4.90 Å². The molecule has 1 aliphatic rings. The van der Waals surface area contributed by atoms with Crippen LogP contribution in [0.15, 0.2) is 10.8 Å². The fraction of sp³-hybridized carbons (Fsp3) is 0.556. The van der Waals surface area contributed by atoms with Gasteiger partial charge in [-0.3, -0.25) is 0 Å². The summed E-state index contributed by atoms with van der Waals surface area (Å²) in [5.41, 5.74) is 0. The Balaban J connectivity index is 2.28. The molecule has 2 heterocycles. The van der Waals surface area contributed by atoms with Gasteiger partial charge in [0.05, 0.1) is 4.47 Å². The van der Waals surface area contributed by atoms with Crippen LogP contribution in [0.5, 0.6) is 0 Å². The Kier molecular flexibility index (Phi) is 2.93. The molecule has 0 saturated carbocycles. The highest BCUT2D eigenvalue weighted by Crippen LogP contribution is 2.31. The molecular formula is C9H11BrClN3. The molecule has 0 bridgehead atoms. The van der Waals surface area contributed by atoms with E-state index in [1.165, 1.54) is 12.7 Å². The van der Waals surface area contributed by atoms with E-state index in [-0.39, 0.29) is 0 Å². The van der Waals surface area contributed by atoms with Gasteiger partial charge in [-0.15, -0.1) is 0 Å². The third kappa shape index (κ3) is 1.86. The van der Waals surface area contributed by atoms with E-state index in [9.17, 15) is 0 Å². The van der Waals surface area contributed by atoms with Crippen molar-refractivity contribution in [2.45, 2.75) is 13.3 Å². The Labute approximate surface area is 96.6 Å². The second kappa shape index (κ2) is 4.03. The average molecular weight is 277 g/mol. The van der Waals surface area contributed by atoms with Crippen LogP contribution in [-0.4, -0.2) is 23.1 Å². The first-order chi connectivity index (χ1) is 6.68. The predicted molar refractivity (Wildman–Crippen MR) is 60.7 cm³/mol. The molecule has 1 saturated heterocycles. The Morgan fingerprint density at radius 2 is 2.36 bits per heavy atom. The normalized spacial score (nSPS) is 21.6. The lowest BCUT2D eigenvalue weighted by Gasteiger charge is -2.18. The van der Waals surface area contributed by atoms with E-state index in [2.05, 4.69) is 37.7 Å². The molecule has 1 atom stereocenters. The fourth-order valence-corrected chi connectivity index (χ4v) is 2.27. The zero-order chi connectivity index (χ0) is 10.1. The van der Waals surface area contributed by atoms with Crippen molar-refractivity contribution in [2.24, 2.45) is 5.92 Å². The minimum Gasteiger partial charge on any atom is -0.355 e. The van der Waals surface area contributed by atoms with Gasteiger partial charge in [0.2, 0.25) is 0 Å². The van der Waals surface area contributed by atoms with E-state index < -0.39 is 0 Å². The monoisotopic (exact) mass is 275 g/mol. The molecule has 1 aliphatic heterocycles. The highest BCUT2D eigenvalue weighted by molar-refractivity contribution is 9.10. The molecule has 76 valence electrons. The van der Waals surface area contributed by atoms with Gasteiger partial charge in [0.15, 0.2) is 0 Å². The zero-order valence-electron chi connectivity index (χ0n) is 7.87. The van der Waals surface area contributed by atoms with E-state index in [1.54, 1.807) is 0 Å². The lowest BCUT2D eigenvalue weighted by atomic mass is 10.2. The molecule has 1 aromatic rings. The first-order valence-corrected chi connectivity index (χ1v) is 5.76. The summed E-state index contributed by atoms with van der Waals surface area (Å²) in [6, 6.07) is 0. The van der Waals surface area contributed by atoms with Crippen LogP contribution in [0.25, 0.3) is 0 Å². The molecule has 0 spiro atoms. The number of anilines is 1. The van der Waals surface area contributed by atoms with Crippen molar-refractivity contribution in [1.82, 2.24) is 9.97 Å². The topological polar surface area (TPSA) is 29.0 Å². The summed E-state index contributed by atoms with van der Waals surface area (Å²) in [6.45, 7) is 4.34. The van der Waals surface area contributed by atoms with Crippen molar-refractivity contribution in [3.05, 3.63) is 16.0 Å². The van der Waals surface area contributed by atoms with Gasteiger partial charge in [-0.05, 0) is 28.3 Å². The molecular weight excluding hydrogens is 265 g/mol. The highest BCUT2D eigenvalue weighted by atomic mass is 79.9. The second-order valence-electron chi connectivity index (χ2n) is 3.64. The molecule has 0 aliphatic carbocycles. The number of rotatable bonds is 1. The minimum atomic E-state index is 0.481. The molecule has 0 radical (unpaired) electrons. The Bertz CT molecular complexity index is 345. The van der Waals surface area contributed by atoms with Gasteiger partial charge in [0.1, 0.15) is 17.3 Å². The Morgan fingerprint density at radius 1 is 1.57 bits per heavy atom. The quantitative estimate of drug-likeness (QED) is 0.739. The van der Waals surface area contributed by atoms with Crippen molar-refractivity contribution in [3.63, 3.8) is 0 Å². The van der Waals surface area contributed by atoms with Crippen molar-refractivity contribution < 1.29 is 0 Å². The SMILES string of the molecule is CC1CCN(c2ncnc(Cl)c2Br)C1. The van der Waals surface area contributed by atoms with Gasteiger partial charge in [0.25, 0.3) is 0 Å². The largest absolute Gasteiger partial charge is 0.355 e. The van der Waals surface area contributed by atoms with Crippen LogP contribution in [-0.2, 0) is 0 Å². The summed E-state index contributed by atoms with van der Waals surface area (Å²) in [6.07, 6.45) is 2.72.